The molecule has 80 valence electrons. The Balaban J connectivity index is 2.18. The van der Waals surface area contributed by atoms with E-state index in [1.165, 1.54) is 18.3 Å². The molecule has 0 unspecified atom stereocenters. The van der Waals surface area contributed by atoms with Gasteiger partial charge in [0.25, 0.3) is 0 Å². The van der Waals surface area contributed by atoms with E-state index in [1.807, 2.05) is 30.4 Å². The number of rotatable bonds is 1. The Morgan fingerprint density at radius 1 is 0.800 bits per heavy atom. The van der Waals surface area contributed by atoms with Crippen molar-refractivity contribution >= 4 is 53.3 Å². The molecule has 2 aliphatic heterocycles. The molecule has 2 aliphatic rings. The van der Waals surface area contributed by atoms with Crippen LogP contribution in [0.5, 0.6) is 0 Å². The number of thioether (sulfide) groups is 4. The molecule has 2 heterocycles. The van der Waals surface area contributed by atoms with Gasteiger partial charge in [0.05, 0.1) is 13.4 Å². The number of aldehydes is 1. The predicted molar refractivity (Wildman–Crippen MR) is 74.5 cm³/mol. The van der Waals surface area contributed by atoms with Crippen LogP contribution in [0, 0.1) is 0 Å². The van der Waals surface area contributed by atoms with Crippen molar-refractivity contribution in [1.82, 2.24) is 0 Å². The van der Waals surface area contributed by atoms with Crippen LogP contribution < -0.4 is 0 Å². The minimum absolute atomic E-state index is 0.867. The third-order valence-corrected chi connectivity index (χ3v) is 7.76. The predicted octanol–water partition coefficient (Wildman–Crippen LogP) is 4.75. The van der Waals surface area contributed by atoms with Crippen molar-refractivity contribution in [3.05, 3.63) is 28.1 Å². The van der Waals surface area contributed by atoms with Gasteiger partial charge in [-0.15, -0.1) is 0 Å². The monoisotopic (exact) mass is 274 g/mol. The zero-order valence-corrected chi connectivity index (χ0v) is 11.9. The van der Waals surface area contributed by atoms with Crippen molar-refractivity contribution in [2.24, 2.45) is 0 Å². The fraction of sp³-hybridized carbons (Fsp3) is 0.300. The molecule has 0 aromatic rings. The molecule has 15 heavy (non-hydrogen) atoms. The second-order valence-electron chi connectivity index (χ2n) is 3.13. The van der Waals surface area contributed by atoms with Crippen molar-refractivity contribution in [2.75, 3.05) is 0 Å². The standard InChI is InChI=1S/C10H10OS4/c1-5-6(2)13-9(12-5)10-14-7(3)8(4-11)15-10/h4H,1-3H3. The Bertz CT molecular complexity index is 401. The van der Waals surface area contributed by atoms with Gasteiger partial charge in [0, 0.05) is 4.91 Å². The van der Waals surface area contributed by atoms with E-state index in [-0.39, 0.29) is 0 Å². The maximum absolute atomic E-state index is 10.8. The second-order valence-corrected chi connectivity index (χ2v) is 8.38. The molecule has 0 spiro atoms. The lowest BCUT2D eigenvalue weighted by Gasteiger charge is -2.00. The number of carbonyl (C=O) groups is 1. The molecule has 0 N–H and O–H groups in total. The van der Waals surface area contributed by atoms with Gasteiger partial charge in [0.1, 0.15) is 0 Å². The lowest BCUT2D eigenvalue weighted by molar-refractivity contribution is -0.104. The van der Waals surface area contributed by atoms with Gasteiger partial charge in [-0.3, -0.25) is 4.79 Å². The molecule has 0 aromatic carbocycles. The molecule has 0 aromatic heterocycles. The van der Waals surface area contributed by atoms with Crippen LogP contribution in [0.1, 0.15) is 20.8 Å². The molecule has 0 saturated heterocycles. The van der Waals surface area contributed by atoms with Crippen LogP contribution in [0.15, 0.2) is 28.1 Å². The normalized spacial score (nSPS) is 22.1. The van der Waals surface area contributed by atoms with E-state index in [0.717, 1.165) is 16.1 Å². The second kappa shape index (κ2) is 4.65. The molecule has 0 saturated carbocycles. The Morgan fingerprint density at radius 3 is 1.73 bits per heavy atom. The molecule has 0 radical (unpaired) electrons. The molecule has 0 aliphatic carbocycles. The lowest BCUT2D eigenvalue weighted by Crippen LogP contribution is -1.73. The van der Waals surface area contributed by atoms with E-state index in [9.17, 15) is 4.79 Å². The highest BCUT2D eigenvalue weighted by Gasteiger charge is 2.25. The number of carbonyl (C=O) groups excluding carboxylic acids is 1. The molecule has 2 rings (SSSR count). The average Bonchev–Trinajstić information content (AvgIpc) is 2.71. The molecule has 0 atom stereocenters. The third-order valence-electron chi connectivity index (χ3n) is 2.06. The summed E-state index contributed by atoms with van der Waals surface area (Å²) in [5.74, 6) is 0. The van der Waals surface area contributed by atoms with Crippen LogP contribution in [0.4, 0.5) is 0 Å². The first kappa shape index (κ1) is 11.8. The van der Waals surface area contributed by atoms with Crippen LogP contribution in [0.2, 0.25) is 0 Å². The summed E-state index contributed by atoms with van der Waals surface area (Å²) >= 11 is 6.97. The maximum atomic E-state index is 10.8. The minimum Gasteiger partial charge on any atom is -0.297 e. The Hall–Kier alpha value is 0.290. The molecule has 0 amide bonds. The summed E-state index contributed by atoms with van der Waals surface area (Å²) in [5, 5.41) is 0. The SMILES string of the molecule is CC1=C(C)SC(=C2SC(C)=C(C=O)S2)S1. The summed E-state index contributed by atoms with van der Waals surface area (Å²) < 4.78 is 2.59. The first-order valence-corrected chi connectivity index (χ1v) is 7.67. The number of hydrogen-bond acceptors (Lipinski definition) is 5. The first-order valence-electron chi connectivity index (χ1n) is 4.41. The van der Waals surface area contributed by atoms with Crippen LogP contribution in [-0.4, -0.2) is 6.29 Å². The summed E-state index contributed by atoms with van der Waals surface area (Å²) in [6.45, 7) is 6.30. The van der Waals surface area contributed by atoms with Gasteiger partial charge in [0.2, 0.25) is 0 Å². The molecule has 0 bridgehead atoms. The summed E-state index contributed by atoms with van der Waals surface area (Å²) in [6.07, 6.45) is 0.956. The highest BCUT2D eigenvalue weighted by atomic mass is 32.2. The van der Waals surface area contributed by atoms with E-state index in [2.05, 4.69) is 13.8 Å². The number of allylic oxidation sites excluding steroid dienone is 4. The summed E-state index contributed by atoms with van der Waals surface area (Å²) in [6, 6.07) is 0. The highest BCUT2D eigenvalue weighted by Crippen LogP contribution is 2.59. The Kier molecular flexibility index (Phi) is 3.65. The lowest BCUT2D eigenvalue weighted by atomic mass is 10.6. The van der Waals surface area contributed by atoms with Gasteiger partial charge in [0.15, 0.2) is 6.29 Å². The molecular formula is C10H10OS4. The quantitative estimate of drug-likeness (QED) is 0.640. The summed E-state index contributed by atoms with van der Waals surface area (Å²) in [7, 11) is 0. The summed E-state index contributed by atoms with van der Waals surface area (Å²) in [5.41, 5.74) is 0. The van der Waals surface area contributed by atoms with Gasteiger partial charge in [-0.1, -0.05) is 47.0 Å². The Morgan fingerprint density at radius 2 is 1.27 bits per heavy atom. The van der Waals surface area contributed by atoms with Crippen molar-refractivity contribution in [2.45, 2.75) is 20.8 Å². The van der Waals surface area contributed by atoms with E-state index < -0.39 is 0 Å². The zero-order chi connectivity index (χ0) is 11.0. The van der Waals surface area contributed by atoms with Crippen molar-refractivity contribution in [3.63, 3.8) is 0 Å². The minimum atomic E-state index is 0.867. The fourth-order valence-corrected chi connectivity index (χ4v) is 6.32. The van der Waals surface area contributed by atoms with Crippen LogP contribution >= 0.6 is 47.0 Å². The first-order chi connectivity index (χ1) is 7.11. The maximum Gasteiger partial charge on any atom is 0.157 e. The third kappa shape index (κ3) is 2.35. The van der Waals surface area contributed by atoms with E-state index in [4.69, 9.17) is 0 Å². The molecule has 5 heteroatoms. The van der Waals surface area contributed by atoms with Crippen molar-refractivity contribution in [3.8, 4) is 0 Å². The smallest absolute Gasteiger partial charge is 0.157 e. The number of hydrogen-bond donors (Lipinski definition) is 0. The van der Waals surface area contributed by atoms with Crippen LogP contribution in [-0.2, 0) is 4.79 Å². The van der Waals surface area contributed by atoms with Gasteiger partial charge < -0.3 is 0 Å². The van der Waals surface area contributed by atoms with Gasteiger partial charge in [-0.05, 0) is 30.6 Å². The average molecular weight is 274 g/mol. The van der Waals surface area contributed by atoms with Gasteiger partial charge in [-0.2, -0.15) is 0 Å². The van der Waals surface area contributed by atoms with E-state index in [1.54, 1.807) is 23.5 Å². The van der Waals surface area contributed by atoms with Crippen LogP contribution in [0.3, 0.4) is 0 Å². The topological polar surface area (TPSA) is 17.1 Å². The van der Waals surface area contributed by atoms with Crippen molar-refractivity contribution < 1.29 is 4.79 Å². The molecule has 0 fully saturated rings. The summed E-state index contributed by atoms with van der Waals surface area (Å²) in [4.78, 5) is 15.5. The Labute approximate surface area is 107 Å². The van der Waals surface area contributed by atoms with E-state index >= 15 is 0 Å². The molecular weight excluding hydrogens is 264 g/mol. The van der Waals surface area contributed by atoms with Gasteiger partial charge in [-0.25, -0.2) is 0 Å². The van der Waals surface area contributed by atoms with Gasteiger partial charge >= 0.3 is 0 Å². The molecule has 1 nitrogen and oxygen atoms in total. The van der Waals surface area contributed by atoms with E-state index in [0.29, 0.717) is 0 Å². The fourth-order valence-electron chi connectivity index (χ4n) is 1.10. The van der Waals surface area contributed by atoms with Crippen molar-refractivity contribution in [1.29, 1.82) is 0 Å². The van der Waals surface area contributed by atoms with Crippen LogP contribution in [0.25, 0.3) is 0 Å². The largest absolute Gasteiger partial charge is 0.297 e. The highest BCUT2D eigenvalue weighted by molar-refractivity contribution is 8.34. The zero-order valence-electron chi connectivity index (χ0n) is 8.62.